The van der Waals surface area contributed by atoms with Crippen molar-refractivity contribution in [3.63, 3.8) is 0 Å². The molecule has 0 bridgehead atoms. The van der Waals surface area contributed by atoms with Gasteiger partial charge in [0.15, 0.2) is 12.4 Å². The van der Waals surface area contributed by atoms with Crippen LogP contribution in [0.5, 0.6) is 0 Å². The van der Waals surface area contributed by atoms with Crippen LogP contribution >= 0.6 is 0 Å². The van der Waals surface area contributed by atoms with E-state index >= 15 is 0 Å². The van der Waals surface area contributed by atoms with Crippen LogP contribution in [0.1, 0.15) is 33.6 Å². The van der Waals surface area contributed by atoms with E-state index in [1.54, 1.807) is 12.1 Å². The maximum Gasteiger partial charge on any atom is 0.338 e. The van der Waals surface area contributed by atoms with Crippen molar-refractivity contribution in [1.82, 2.24) is 4.31 Å². The smallest absolute Gasteiger partial charge is 0.338 e. The Hall–Kier alpha value is -3.29. The van der Waals surface area contributed by atoms with E-state index in [1.807, 2.05) is 42.5 Å². The largest absolute Gasteiger partial charge is 0.454 e. The number of carbonyl (C=O) groups excluding carboxylic acids is 2. The molecule has 4 rings (SSSR count). The predicted octanol–water partition coefficient (Wildman–Crippen LogP) is 4.18. The second-order valence-electron chi connectivity index (χ2n) is 7.58. The molecule has 0 saturated carbocycles. The van der Waals surface area contributed by atoms with Gasteiger partial charge in [0, 0.05) is 18.7 Å². The van der Waals surface area contributed by atoms with Gasteiger partial charge in [-0.2, -0.15) is 4.31 Å². The van der Waals surface area contributed by atoms with Gasteiger partial charge in [0.2, 0.25) is 10.0 Å². The average Bonchev–Trinajstić information content (AvgIpc) is 3.39. The zero-order chi connectivity index (χ0) is 22.6. The minimum atomic E-state index is -3.64. The Morgan fingerprint density at radius 1 is 0.781 bits per heavy atom. The molecule has 6 nitrogen and oxygen atoms in total. The van der Waals surface area contributed by atoms with Gasteiger partial charge in [-0.15, -0.1) is 0 Å². The molecule has 0 aliphatic carbocycles. The van der Waals surface area contributed by atoms with Crippen LogP contribution in [0, 0.1) is 0 Å². The number of sulfonamides is 1. The highest BCUT2D eigenvalue weighted by molar-refractivity contribution is 7.89. The quantitative estimate of drug-likeness (QED) is 0.399. The summed E-state index contributed by atoms with van der Waals surface area (Å²) in [5.74, 6) is -1.07. The normalized spacial score (nSPS) is 14.2. The Labute approximate surface area is 187 Å². The van der Waals surface area contributed by atoms with Gasteiger partial charge in [-0.1, -0.05) is 60.7 Å². The van der Waals surface area contributed by atoms with Crippen molar-refractivity contribution in [2.45, 2.75) is 17.7 Å². The monoisotopic (exact) mass is 449 g/mol. The van der Waals surface area contributed by atoms with Crippen molar-refractivity contribution in [3.8, 4) is 11.1 Å². The molecular weight excluding hydrogens is 426 g/mol. The van der Waals surface area contributed by atoms with E-state index in [0.29, 0.717) is 18.7 Å². The lowest BCUT2D eigenvalue weighted by molar-refractivity contribution is 0.0474. The first-order chi connectivity index (χ1) is 15.4. The number of benzene rings is 3. The molecule has 32 heavy (non-hydrogen) atoms. The Bertz CT molecular complexity index is 1210. The molecule has 0 aromatic heterocycles. The second-order valence-corrected chi connectivity index (χ2v) is 9.52. The van der Waals surface area contributed by atoms with E-state index in [9.17, 15) is 18.0 Å². The Morgan fingerprint density at radius 2 is 1.44 bits per heavy atom. The first-order valence-electron chi connectivity index (χ1n) is 10.4. The molecule has 3 aromatic carbocycles. The number of nitrogens with zero attached hydrogens (tertiary/aromatic N) is 1. The highest BCUT2D eigenvalue weighted by atomic mass is 32.2. The summed E-state index contributed by atoms with van der Waals surface area (Å²) in [7, 11) is -3.64. The fraction of sp³-hybridized carbons (Fsp3) is 0.200. The number of hydrogen-bond donors (Lipinski definition) is 0. The second kappa shape index (κ2) is 9.46. The van der Waals surface area contributed by atoms with Crippen LogP contribution in [0.25, 0.3) is 11.1 Å². The van der Waals surface area contributed by atoms with Gasteiger partial charge in [0.05, 0.1) is 10.5 Å². The number of rotatable bonds is 7. The molecule has 7 heteroatoms. The molecule has 0 spiro atoms. The van der Waals surface area contributed by atoms with Gasteiger partial charge < -0.3 is 4.74 Å². The first-order valence-corrected chi connectivity index (χ1v) is 11.9. The zero-order valence-electron chi connectivity index (χ0n) is 17.4. The van der Waals surface area contributed by atoms with E-state index < -0.39 is 22.6 Å². The van der Waals surface area contributed by atoms with Crippen LogP contribution in [-0.2, 0) is 14.8 Å². The van der Waals surface area contributed by atoms with Gasteiger partial charge in [0.25, 0.3) is 0 Å². The summed E-state index contributed by atoms with van der Waals surface area (Å²) >= 11 is 0. The Kier molecular flexibility index (Phi) is 6.48. The molecule has 0 unspecified atom stereocenters. The van der Waals surface area contributed by atoms with E-state index in [0.717, 1.165) is 24.0 Å². The van der Waals surface area contributed by atoms with Gasteiger partial charge in [-0.3, -0.25) is 4.79 Å². The zero-order valence-corrected chi connectivity index (χ0v) is 18.3. The topological polar surface area (TPSA) is 80.8 Å². The third kappa shape index (κ3) is 4.79. The van der Waals surface area contributed by atoms with Gasteiger partial charge in [0.1, 0.15) is 0 Å². The van der Waals surface area contributed by atoms with E-state index in [2.05, 4.69) is 0 Å². The fourth-order valence-electron chi connectivity index (χ4n) is 3.64. The lowest BCUT2D eigenvalue weighted by Crippen LogP contribution is -2.28. The van der Waals surface area contributed by atoms with E-state index in [1.165, 1.54) is 28.6 Å². The maximum atomic E-state index is 12.7. The van der Waals surface area contributed by atoms with E-state index in [4.69, 9.17) is 4.74 Å². The third-order valence-corrected chi connectivity index (χ3v) is 7.32. The fourth-order valence-corrected chi connectivity index (χ4v) is 5.20. The van der Waals surface area contributed by atoms with E-state index in [-0.39, 0.29) is 16.2 Å². The SMILES string of the molecule is O=C(COC(=O)c1cccc(S(=O)(=O)N2CCCC2)c1)c1ccc(-c2ccccc2)cc1. The summed E-state index contributed by atoms with van der Waals surface area (Å²) in [5.41, 5.74) is 2.55. The molecular formula is C25H23NO5S. The molecule has 0 N–H and O–H groups in total. The van der Waals surface area contributed by atoms with Gasteiger partial charge in [-0.05, 0) is 42.2 Å². The molecule has 1 heterocycles. The Balaban J connectivity index is 1.40. The highest BCUT2D eigenvalue weighted by Crippen LogP contribution is 2.22. The van der Waals surface area contributed by atoms with Crippen LogP contribution < -0.4 is 0 Å². The van der Waals surface area contributed by atoms with Crippen LogP contribution in [0.4, 0.5) is 0 Å². The molecule has 164 valence electrons. The summed E-state index contributed by atoms with van der Waals surface area (Å²) in [6.45, 7) is 0.537. The number of hydrogen-bond acceptors (Lipinski definition) is 5. The maximum absolute atomic E-state index is 12.7. The molecule has 0 radical (unpaired) electrons. The van der Waals surface area contributed by atoms with Crippen molar-refractivity contribution in [1.29, 1.82) is 0 Å². The van der Waals surface area contributed by atoms with Crippen LogP contribution in [0.15, 0.2) is 83.8 Å². The summed E-state index contributed by atoms with van der Waals surface area (Å²) < 4.78 is 32.0. The summed E-state index contributed by atoms with van der Waals surface area (Å²) in [6.07, 6.45) is 1.66. The Morgan fingerprint density at radius 3 is 2.12 bits per heavy atom. The molecule has 1 aliphatic heterocycles. The van der Waals surface area contributed by atoms with Crippen molar-refractivity contribution < 1.29 is 22.7 Å². The van der Waals surface area contributed by atoms with Gasteiger partial charge >= 0.3 is 5.97 Å². The minimum absolute atomic E-state index is 0.0525. The lowest BCUT2D eigenvalue weighted by Gasteiger charge is -2.15. The highest BCUT2D eigenvalue weighted by Gasteiger charge is 2.27. The summed E-state index contributed by atoms with van der Waals surface area (Å²) in [4.78, 5) is 24.9. The van der Waals surface area contributed by atoms with Crippen LogP contribution in [0.2, 0.25) is 0 Å². The van der Waals surface area contributed by atoms with Crippen molar-refractivity contribution in [2.24, 2.45) is 0 Å². The molecule has 0 amide bonds. The van der Waals surface area contributed by atoms with Gasteiger partial charge in [-0.25, -0.2) is 13.2 Å². The lowest BCUT2D eigenvalue weighted by atomic mass is 10.0. The molecule has 1 saturated heterocycles. The molecule has 1 fully saturated rings. The van der Waals surface area contributed by atoms with Crippen molar-refractivity contribution in [2.75, 3.05) is 19.7 Å². The predicted molar refractivity (Wildman–Crippen MR) is 121 cm³/mol. The number of Topliss-reactive ketones (excluding diaryl/α,β-unsaturated/α-hetero) is 1. The number of ether oxygens (including phenoxy) is 1. The molecule has 3 aromatic rings. The van der Waals surface area contributed by atoms with Crippen molar-refractivity contribution in [3.05, 3.63) is 90.0 Å². The molecule has 0 atom stereocenters. The average molecular weight is 450 g/mol. The number of esters is 1. The van der Waals surface area contributed by atoms with Crippen LogP contribution in [-0.4, -0.2) is 44.2 Å². The summed E-state index contributed by atoms with van der Waals surface area (Å²) in [6, 6.07) is 22.6. The first kappa shape index (κ1) is 21.9. The number of ketones is 1. The van der Waals surface area contributed by atoms with Crippen LogP contribution in [0.3, 0.4) is 0 Å². The third-order valence-electron chi connectivity index (χ3n) is 5.42. The summed E-state index contributed by atoms with van der Waals surface area (Å²) in [5, 5.41) is 0. The van der Waals surface area contributed by atoms with Crippen molar-refractivity contribution >= 4 is 21.8 Å². The standard InChI is InChI=1S/C25H23NO5S/c27-24(21-13-11-20(12-14-21)19-7-2-1-3-8-19)18-31-25(28)22-9-6-10-23(17-22)32(29,30)26-15-4-5-16-26/h1-3,6-14,17H,4-5,15-16,18H2. The number of carbonyl (C=O) groups is 2. The minimum Gasteiger partial charge on any atom is -0.454 e. The molecule has 1 aliphatic rings.